The molecule has 2 heterocycles. The number of amides is 1. The molecule has 1 aromatic rings. The summed E-state index contributed by atoms with van der Waals surface area (Å²) in [6, 6.07) is 5.51. The van der Waals surface area contributed by atoms with Gasteiger partial charge >= 0.3 is 0 Å². The van der Waals surface area contributed by atoms with Crippen molar-refractivity contribution in [2.75, 3.05) is 19.6 Å². The molecule has 1 atom stereocenters. The Hall–Kier alpha value is -1.42. The molecule has 0 saturated carbocycles. The minimum Gasteiger partial charge on any atom is -0.351 e. The molecule has 0 aliphatic carbocycles. The van der Waals surface area contributed by atoms with Crippen molar-refractivity contribution in [2.45, 2.75) is 26.2 Å². The van der Waals surface area contributed by atoms with E-state index in [0.717, 1.165) is 31.7 Å². The van der Waals surface area contributed by atoms with Crippen molar-refractivity contribution >= 4 is 5.91 Å². The zero-order valence-corrected chi connectivity index (χ0v) is 10.9. The quantitative estimate of drug-likeness (QED) is 0.848. The predicted molar refractivity (Wildman–Crippen MR) is 71.5 cm³/mol. The number of nitrogens with zero attached hydrogens (tertiary/aromatic N) is 1. The highest BCUT2D eigenvalue weighted by Gasteiger charge is 2.13. The number of hydrogen-bond donors (Lipinski definition) is 2. The minimum atomic E-state index is -0.0672. The van der Waals surface area contributed by atoms with Crippen LogP contribution in [0.1, 0.15) is 35.4 Å². The number of hydrogen-bond acceptors (Lipinski definition) is 3. The van der Waals surface area contributed by atoms with Crippen molar-refractivity contribution in [3.8, 4) is 0 Å². The van der Waals surface area contributed by atoms with Gasteiger partial charge in [-0.2, -0.15) is 0 Å². The monoisotopic (exact) mass is 247 g/mol. The van der Waals surface area contributed by atoms with Gasteiger partial charge in [-0.1, -0.05) is 6.07 Å². The zero-order chi connectivity index (χ0) is 12.8. The van der Waals surface area contributed by atoms with Crippen molar-refractivity contribution in [1.82, 2.24) is 15.6 Å². The Morgan fingerprint density at radius 1 is 1.56 bits per heavy atom. The van der Waals surface area contributed by atoms with Gasteiger partial charge in [0.25, 0.3) is 5.91 Å². The molecule has 4 heteroatoms. The summed E-state index contributed by atoms with van der Waals surface area (Å²) in [6.45, 7) is 4.85. The largest absolute Gasteiger partial charge is 0.351 e. The lowest BCUT2D eigenvalue weighted by atomic mass is 9.96. The molecule has 1 fully saturated rings. The van der Waals surface area contributed by atoms with Gasteiger partial charge in [-0.15, -0.1) is 0 Å². The lowest BCUT2D eigenvalue weighted by Gasteiger charge is -2.22. The highest BCUT2D eigenvalue weighted by atomic mass is 16.1. The van der Waals surface area contributed by atoms with Gasteiger partial charge in [0.2, 0.25) is 0 Å². The van der Waals surface area contributed by atoms with Crippen molar-refractivity contribution in [3.63, 3.8) is 0 Å². The molecule has 98 valence electrons. The van der Waals surface area contributed by atoms with Crippen LogP contribution in [0.15, 0.2) is 18.2 Å². The number of aryl methyl sites for hydroxylation is 1. The first-order valence-electron chi connectivity index (χ1n) is 6.68. The second-order valence-corrected chi connectivity index (χ2v) is 4.92. The van der Waals surface area contributed by atoms with Crippen LogP contribution in [-0.4, -0.2) is 30.5 Å². The highest BCUT2D eigenvalue weighted by Crippen LogP contribution is 2.12. The van der Waals surface area contributed by atoms with Crippen molar-refractivity contribution in [3.05, 3.63) is 29.6 Å². The molecule has 1 aliphatic rings. The van der Waals surface area contributed by atoms with Crippen LogP contribution >= 0.6 is 0 Å². The first-order valence-corrected chi connectivity index (χ1v) is 6.68. The van der Waals surface area contributed by atoms with Gasteiger partial charge < -0.3 is 10.6 Å². The summed E-state index contributed by atoms with van der Waals surface area (Å²) in [5, 5.41) is 6.33. The second-order valence-electron chi connectivity index (χ2n) is 4.92. The smallest absolute Gasteiger partial charge is 0.269 e. The summed E-state index contributed by atoms with van der Waals surface area (Å²) >= 11 is 0. The van der Waals surface area contributed by atoms with Crippen molar-refractivity contribution < 1.29 is 4.79 Å². The Kier molecular flexibility index (Phi) is 4.70. The molecular weight excluding hydrogens is 226 g/mol. The lowest BCUT2D eigenvalue weighted by molar-refractivity contribution is 0.0945. The van der Waals surface area contributed by atoms with E-state index < -0.39 is 0 Å². The number of carbonyl (C=O) groups excluding carboxylic acids is 1. The van der Waals surface area contributed by atoms with E-state index in [9.17, 15) is 4.79 Å². The molecule has 0 radical (unpaired) electrons. The number of carbonyl (C=O) groups is 1. The minimum absolute atomic E-state index is 0.0672. The first-order chi connectivity index (χ1) is 8.75. The Morgan fingerprint density at radius 2 is 2.44 bits per heavy atom. The fraction of sp³-hybridized carbons (Fsp3) is 0.571. The Morgan fingerprint density at radius 3 is 3.17 bits per heavy atom. The zero-order valence-electron chi connectivity index (χ0n) is 10.9. The molecule has 1 saturated heterocycles. The van der Waals surface area contributed by atoms with Crippen LogP contribution in [0.5, 0.6) is 0 Å². The van der Waals surface area contributed by atoms with Gasteiger partial charge in [-0.05, 0) is 57.3 Å². The topological polar surface area (TPSA) is 54.0 Å². The first kappa shape index (κ1) is 13.0. The summed E-state index contributed by atoms with van der Waals surface area (Å²) in [5.74, 6) is 0.631. The molecular formula is C14H21N3O. The Bertz CT molecular complexity index is 400. The van der Waals surface area contributed by atoms with Gasteiger partial charge in [0.05, 0.1) is 0 Å². The second kappa shape index (κ2) is 6.50. The predicted octanol–water partition coefficient (Wildman–Crippen LogP) is 1.51. The average Bonchev–Trinajstić information content (AvgIpc) is 2.40. The van der Waals surface area contributed by atoms with Crippen molar-refractivity contribution in [1.29, 1.82) is 0 Å². The van der Waals surface area contributed by atoms with Crippen molar-refractivity contribution in [2.24, 2.45) is 5.92 Å². The van der Waals surface area contributed by atoms with Gasteiger partial charge in [0, 0.05) is 12.2 Å². The highest BCUT2D eigenvalue weighted by molar-refractivity contribution is 5.92. The molecule has 2 N–H and O–H groups in total. The molecule has 2 rings (SSSR count). The summed E-state index contributed by atoms with van der Waals surface area (Å²) in [7, 11) is 0. The summed E-state index contributed by atoms with van der Waals surface area (Å²) in [4.78, 5) is 16.1. The summed E-state index contributed by atoms with van der Waals surface area (Å²) in [5.41, 5.74) is 1.39. The van der Waals surface area contributed by atoms with E-state index in [2.05, 4.69) is 15.6 Å². The third-order valence-corrected chi connectivity index (χ3v) is 3.36. The molecule has 0 bridgehead atoms. The maximum atomic E-state index is 11.8. The molecule has 18 heavy (non-hydrogen) atoms. The van der Waals surface area contributed by atoms with E-state index in [1.54, 1.807) is 6.07 Å². The van der Waals surface area contributed by atoms with E-state index in [1.807, 2.05) is 19.1 Å². The average molecular weight is 247 g/mol. The fourth-order valence-corrected chi connectivity index (χ4v) is 2.32. The molecule has 1 aromatic heterocycles. The SMILES string of the molecule is Cc1cccc(C(=O)NCCC2CCCNC2)n1. The van der Waals surface area contributed by atoms with Gasteiger partial charge in [0.1, 0.15) is 5.69 Å². The van der Waals surface area contributed by atoms with E-state index in [0.29, 0.717) is 11.6 Å². The van der Waals surface area contributed by atoms with Crippen LogP contribution in [0.4, 0.5) is 0 Å². The molecule has 1 amide bonds. The standard InChI is InChI=1S/C14H21N3O/c1-11-4-2-6-13(17-11)14(18)16-9-7-12-5-3-8-15-10-12/h2,4,6,12,15H,3,5,7-10H2,1H3,(H,16,18). The molecule has 0 spiro atoms. The Labute approximate surface area is 108 Å². The third kappa shape index (κ3) is 3.81. The Balaban J connectivity index is 1.74. The van der Waals surface area contributed by atoms with Gasteiger partial charge in [0.15, 0.2) is 0 Å². The molecule has 1 unspecified atom stereocenters. The van der Waals surface area contributed by atoms with Crippen LogP contribution < -0.4 is 10.6 Å². The van der Waals surface area contributed by atoms with Crippen LogP contribution in [-0.2, 0) is 0 Å². The van der Waals surface area contributed by atoms with Crippen LogP contribution in [0, 0.1) is 12.8 Å². The molecule has 0 aromatic carbocycles. The van der Waals surface area contributed by atoms with Crippen LogP contribution in [0.2, 0.25) is 0 Å². The van der Waals surface area contributed by atoms with Gasteiger partial charge in [-0.3, -0.25) is 4.79 Å². The summed E-state index contributed by atoms with van der Waals surface area (Å²) < 4.78 is 0. The maximum absolute atomic E-state index is 11.8. The third-order valence-electron chi connectivity index (χ3n) is 3.36. The van der Waals surface area contributed by atoms with Crippen LogP contribution in [0.25, 0.3) is 0 Å². The molecule has 1 aliphatic heterocycles. The number of aromatic nitrogens is 1. The number of rotatable bonds is 4. The van der Waals surface area contributed by atoms with E-state index in [1.165, 1.54) is 12.8 Å². The van der Waals surface area contributed by atoms with Crippen LogP contribution in [0.3, 0.4) is 0 Å². The lowest BCUT2D eigenvalue weighted by Crippen LogP contribution is -2.33. The number of pyridine rings is 1. The maximum Gasteiger partial charge on any atom is 0.269 e. The normalized spacial score (nSPS) is 19.5. The number of piperidine rings is 1. The van der Waals surface area contributed by atoms with E-state index >= 15 is 0 Å². The fourth-order valence-electron chi connectivity index (χ4n) is 2.32. The van der Waals surface area contributed by atoms with E-state index in [4.69, 9.17) is 0 Å². The molecule has 4 nitrogen and oxygen atoms in total. The summed E-state index contributed by atoms with van der Waals surface area (Å²) in [6.07, 6.45) is 3.56. The van der Waals surface area contributed by atoms with E-state index in [-0.39, 0.29) is 5.91 Å². The van der Waals surface area contributed by atoms with Gasteiger partial charge in [-0.25, -0.2) is 4.98 Å². The number of nitrogens with one attached hydrogen (secondary N) is 2.